The summed E-state index contributed by atoms with van der Waals surface area (Å²) in [4.78, 5) is 40.0. The maximum Gasteiger partial charge on any atom is 0.344 e. The number of benzene rings is 1. The van der Waals surface area contributed by atoms with E-state index in [1.54, 1.807) is 27.7 Å². The summed E-state index contributed by atoms with van der Waals surface area (Å²) in [6.45, 7) is 7.05. The number of rotatable bonds is 7. The molecule has 3 heterocycles. The van der Waals surface area contributed by atoms with E-state index in [1.165, 1.54) is 12.1 Å². The summed E-state index contributed by atoms with van der Waals surface area (Å²) >= 11 is 0. The molecular formula is C31H34O10S. The van der Waals surface area contributed by atoms with Gasteiger partial charge < -0.3 is 18.9 Å². The van der Waals surface area contributed by atoms with Crippen molar-refractivity contribution in [3.8, 4) is 5.75 Å². The van der Waals surface area contributed by atoms with Gasteiger partial charge in [-0.15, -0.1) is 0 Å². The lowest BCUT2D eigenvalue weighted by Crippen LogP contribution is -2.50. The van der Waals surface area contributed by atoms with Crippen LogP contribution in [-0.2, 0) is 38.7 Å². The molecule has 3 aliphatic heterocycles. The first-order valence-electron chi connectivity index (χ1n) is 14.7. The van der Waals surface area contributed by atoms with E-state index in [1.807, 2.05) is 0 Å². The molecule has 10 nitrogen and oxygen atoms in total. The van der Waals surface area contributed by atoms with Crippen molar-refractivity contribution in [1.29, 1.82) is 0 Å². The van der Waals surface area contributed by atoms with E-state index in [0.717, 1.165) is 38.5 Å². The summed E-state index contributed by atoms with van der Waals surface area (Å²) in [6.07, 6.45) is 4.95. The fourth-order valence-corrected chi connectivity index (χ4v) is 9.78. The minimum atomic E-state index is -4.56. The molecule has 5 fully saturated rings. The molecule has 42 heavy (non-hydrogen) atoms. The third-order valence-corrected chi connectivity index (χ3v) is 11.0. The van der Waals surface area contributed by atoms with Gasteiger partial charge in [0.2, 0.25) is 5.76 Å². The van der Waals surface area contributed by atoms with Gasteiger partial charge in [-0.05, 0) is 91.4 Å². The zero-order valence-electron chi connectivity index (χ0n) is 24.0. The van der Waals surface area contributed by atoms with Crippen molar-refractivity contribution in [2.24, 2.45) is 29.1 Å². The number of fused-ring (bicyclic) bond motifs is 1. The molecule has 1 N–H and O–H groups in total. The SMILES string of the molecule is CC(C)c1cc(OC(=O)C2=C3OC4C(=C3OC(=O)C35CC6CC(CC(C6)C3)C5)OC(=O)[C@@H]24)cc(C(C)C)c1S(=O)(=O)O. The van der Waals surface area contributed by atoms with Crippen molar-refractivity contribution >= 4 is 28.0 Å². The summed E-state index contributed by atoms with van der Waals surface area (Å²) in [6, 6.07) is 2.80. The predicted octanol–water partition coefficient (Wildman–Crippen LogP) is 4.90. The van der Waals surface area contributed by atoms with Gasteiger partial charge in [-0.25, -0.2) is 4.79 Å². The second-order valence-corrected chi connectivity index (χ2v) is 14.9. The van der Waals surface area contributed by atoms with Crippen molar-refractivity contribution < 1.29 is 46.3 Å². The first kappa shape index (κ1) is 27.6. The van der Waals surface area contributed by atoms with Gasteiger partial charge in [-0.3, -0.25) is 14.1 Å². The fraction of sp³-hybridized carbons (Fsp3) is 0.581. The second kappa shape index (κ2) is 9.16. The monoisotopic (exact) mass is 598 g/mol. The van der Waals surface area contributed by atoms with Crippen LogP contribution >= 0.6 is 0 Å². The maximum atomic E-state index is 13.7. The van der Waals surface area contributed by atoms with Crippen LogP contribution in [0.2, 0.25) is 0 Å². The van der Waals surface area contributed by atoms with Gasteiger partial charge in [0.1, 0.15) is 22.1 Å². The highest BCUT2D eigenvalue weighted by atomic mass is 32.2. The van der Waals surface area contributed by atoms with Gasteiger partial charge in [0.25, 0.3) is 10.1 Å². The summed E-state index contributed by atoms with van der Waals surface area (Å²) in [5.41, 5.74) is -0.0690. The van der Waals surface area contributed by atoms with Crippen LogP contribution in [-0.4, -0.2) is 37.0 Å². The zero-order chi connectivity index (χ0) is 29.9. The predicted molar refractivity (Wildman–Crippen MR) is 145 cm³/mol. The maximum absolute atomic E-state index is 13.7. The molecule has 6 bridgehead atoms. The molecule has 0 spiro atoms. The fourth-order valence-electron chi connectivity index (χ4n) is 8.59. The number of esters is 3. The number of carbonyl (C=O) groups is 3. The van der Waals surface area contributed by atoms with Crippen molar-refractivity contribution in [3.63, 3.8) is 0 Å². The highest BCUT2D eigenvalue weighted by Crippen LogP contribution is 2.61. The Labute approximate surface area is 244 Å². The second-order valence-electron chi connectivity index (χ2n) is 13.6. The van der Waals surface area contributed by atoms with Gasteiger partial charge in [0.05, 0.1) is 5.41 Å². The average molecular weight is 599 g/mol. The normalized spacial score (nSPS) is 32.3. The number of hydrogen-bond donors (Lipinski definition) is 1. The Morgan fingerprint density at radius 1 is 0.952 bits per heavy atom. The van der Waals surface area contributed by atoms with Crippen molar-refractivity contribution in [2.45, 2.75) is 89.1 Å². The highest BCUT2D eigenvalue weighted by Gasteiger charge is 2.63. The van der Waals surface area contributed by atoms with E-state index in [9.17, 15) is 27.4 Å². The molecule has 2 atom stereocenters. The first-order valence-corrected chi connectivity index (χ1v) is 16.2. The summed E-state index contributed by atoms with van der Waals surface area (Å²) < 4.78 is 57.6. The molecule has 8 rings (SSSR count). The molecule has 4 aliphatic carbocycles. The Kier molecular flexibility index (Phi) is 6.03. The average Bonchev–Trinajstić information content (AvgIpc) is 3.50. The van der Waals surface area contributed by atoms with E-state index in [0.29, 0.717) is 28.9 Å². The molecule has 1 saturated heterocycles. The Morgan fingerprint density at radius 3 is 2.00 bits per heavy atom. The smallest absolute Gasteiger partial charge is 0.344 e. The lowest BCUT2D eigenvalue weighted by atomic mass is 9.49. The molecule has 1 unspecified atom stereocenters. The van der Waals surface area contributed by atoms with E-state index in [4.69, 9.17) is 18.9 Å². The molecule has 224 valence electrons. The van der Waals surface area contributed by atoms with E-state index in [2.05, 4.69) is 0 Å². The molecule has 1 aromatic rings. The van der Waals surface area contributed by atoms with Crippen molar-refractivity contribution in [1.82, 2.24) is 0 Å². The van der Waals surface area contributed by atoms with Crippen LogP contribution in [0.25, 0.3) is 0 Å². The molecular weight excluding hydrogens is 564 g/mol. The van der Waals surface area contributed by atoms with Gasteiger partial charge in [0.15, 0.2) is 17.6 Å². The van der Waals surface area contributed by atoms with Crippen LogP contribution < -0.4 is 4.74 Å². The largest absolute Gasteiger partial charge is 0.476 e. The molecule has 4 saturated carbocycles. The summed E-state index contributed by atoms with van der Waals surface area (Å²) in [5, 5.41) is 0. The van der Waals surface area contributed by atoms with Crippen LogP contribution in [0.5, 0.6) is 5.75 Å². The molecule has 0 radical (unpaired) electrons. The third kappa shape index (κ3) is 4.06. The topological polar surface area (TPSA) is 142 Å². The Morgan fingerprint density at radius 2 is 1.50 bits per heavy atom. The lowest BCUT2D eigenvalue weighted by Gasteiger charge is -2.55. The first-order chi connectivity index (χ1) is 19.8. The minimum Gasteiger partial charge on any atom is -0.476 e. The zero-order valence-corrected chi connectivity index (χ0v) is 24.8. The molecule has 1 aromatic carbocycles. The van der Waals surface area contributed by atoms with Crippen LogP contribution in [0.1, 0.15) is 89.2 Å². The van der Waals surface area contributed by atoms with Gasteiger partial charge in [0, 0.05) is 0 Å². The van der Waals surface area contributed by atoms with E-state index in [-0.39, 0.29) is 51.3 Å². The quantitative estimate of drug-likeness (QED) is 0.262. The van der Waals surface area contributed by atoms with E-state index >= 15 is 0 Å². The molecule has 0 amide bonds. The Bertz CT molecular complexity index is 1550. The van der Waals surface area contributed by atoms with Crippen LogP contribution in [0, 0.1) is 29.1 Å². The lowest BCUT2D eigenvalue weighted by molar-refractivity contribution is -0.167. The Balaban J connectivity index is 1.21. The third-order valence-electron chi connectivity index (χ3n) is 9.97. The Hall–Kier alpha value is -3.18. The number of hydrogen-bond acceptors (Lipinski definition) is 9. The standard InChI is InChI=1S/C31H34O10S/c1-13(2)19-8-18(9-20(14(3)4)27(19)42(35,36)37)38-28(32)21-22-23-25(40-29(22)33)26(24(21)39-23)41-30(34)31-10-15-5-16(11-31)7-17(6-15)12-31/h8-9,13-17,22-23H,5-7,10-12H2,1-4H3,(H,35,36,37)/t15?,16?,17?,22-,23?,31?/m0/s1. The summed E-state index contributed by atoms with van der Waals surface area (Å²) in [5.74, 6) is -1.92. The number of ether oxygens (including phenoxy) is 4. The minimum absolute atomic E-state index is 0.0170. The molecule has 7 aliphatic rings. The number of carbonyl (C=O) groups excluding carboxylic acids is 3. The van der Waals surface area contributed by atoms with Gasteiger partial charge >= 0.3 is 17.9 Å². The molecule has 11 heteroatoms. The van der Waals surface area contributed by atoms with Crippen molar-refractivity contribution in [2.75, 3.05) is 0 Å². The van der Waals surface area contributed by atoms with Crippen LogP contribution in [0.15, 0.2) is 39.9 Å². The molecule has 0 aromatic heterocycles. The summed E-state index contributed by atoms with van der Waals surface area (Å²) in [7, 11) is -4.56. The van der Waals surface area contributed by atoms with Gasteiger partial charge in [-0.2, -0.15) is 8.42 Å². The van der Waals surface area contributed by atoms with Gasteiger partial charge in [-0.1, -0.05) is 27.7 Å². The van der Waals surface area contributed by atoms with E-state index < -0.39 is 39.5 Å². The highest BCUT2D eigenvalue weighted by molar-refractivity contribution is 7.86. The van der Waals surface area contributed by atoms with Crippen LogP contribution in [0.3, 0.4) is 0 Å². The van der Waals surface area contributed by atoms with Crippen LogP contribution in [0.4, 0.5) is 0 Å². The van der Waals surface area contributed by atoms with Crippen molar-refractivity contribution in [3.05, 3.63) is 46.1 Å².